The van der Waals surface area contributed by atoms with Crippen molar-refractivity contribution in [2.24, 2.45) is 0 Å². The molecule has 0 amide bonds. The zero-order chi connectivity index (χ0) is 35.3. The second-order valence-electron chi connectivity index (χ2n) is 11.9. The Bertz CT molecular complexity index is 1420. The van der Waals surface area contributed by atoms with Crippen molar-refractivity contribution in [1.82, 2.24) is 9.13 Å². The highest BCUT2D eigenvalue weighted by molar-refractivity contribution is 6.12. The minimum atomic E-state index is -1.16. The molecule has 2 rings (SSSR count). The third-order valence-electron chi connectivity index (χ3n) is 6.10. The van der Waals surface area contributed by atoms with Gasteiger partial charge in [0, 0.05) is 0 Å². The minimum absolute atomic E-state index is 0.0835. The van der Waals surface area contributed by atoms with Gasteiger partial charge in [0.2, 0.25) is 0 Å². The molecule has 0 aliphatic rings. The Hall–Kier alpha value is -4.62. The van der Waals surface area contributed by atoms with Crippen molar-refractivity contribution in [3.63, 3.8) is 0 Å². The molecule has 0 aliphatic carbocycles. The maximum Gasteiger partial charge on any atom is 0.419 e. The first kappa shape index (κ1) is 37.6. The lowest BCUT2D eigenvalue weighted by Gasteiger charge is -2.23. The van der Waals surface area contributed by atoms with Crippen LogP contribution in [-0.4, -0.2) is 82.8 Å². The lowest BCUT2D eigenvalue weighted by Crippen LogP contribution is -2.32. The van der Waals surface area contributed by atoms with E-state index in [-0.39, 0.29) is 48.7 Å². The van der Waals surface area contributed by atoms with E-state index in [1.807, 2.05) is 0 Å². The molecule has 0 saturated carbocycles. The fraction of sp³-hybridized carbons (Fsp3) is 0.562. The quantitative estimate of drug-likeness (QED) is 0.235. The van der Waals surface area contributed by atoms with Crippen LogP contribution in [0.1, 0.15) is 122 Å². The molecule has 2 aromatic rings. The Balaban J connectivity index is 3.47. The first-order chi connectivity index (χ1) is 21.3. The number of aromatic nitrogens is 2. The van der Waals surface area contributed by atoms with Crippen LogP contribution in [0.15, 0.2) is 0 Å². The third kappa shape index (κ3) is 7.96. The fourth-order valence-electron chi connectivity index (χ4n) is 4.60. The summed E-state index contributed by atoms with van der Waals surface area (Å²) in [4.78, 5) is 82.3. The second kappa shape index (κ2) is 14.6. The summed E-state index contributed by atoms with van der Waals surface area (Å²) in [7, 11) is 0. The number of nitrogens with zero attached hydrogens (tertiary/aromatic N) is 2. The molecule has 0 unspecified atom stereocenters. The van der Waals surface area contributed by atoms with Crippen LogP contribution < -0.4 is 0 Å². The molecule has 46 heavy (non-hydrogen) atoms. The first-order valence-corrected chi connectivity index (χ1v) is 14.9. The van der Waals surface area contributed by atoms with Gasteiger partial charge in [-0.1, -0.05) is 0 Å². The molecule has 254 valence electrons. The van der Waals surface area contributed by atoms with Crippen LogP contribution in [-0.2, 0) is 28.4 Å². The van der Waals surface area contributed by atoms with Gasteiger partial charge in [0.15, 0.2) is 0 Å². The summed E-state index contributed by atoms with van der Waals surface area (Å²) in [5.74, 6) is -4.05. The van der Waals surface area contributed by atoms with E-state index in [2.05, 4.69) is 0 Å². The largest absolute Gasteiger partial charge is 0.462 e. The lowest BCUT2D eigenvalue weighted by atomic mass is 10.0. The molecule has 0 atom stereocenters. The smallest absolute Gasteiger partial charge is 0.419 e. The number of carbonyl (C=O) groups excluding carboxylic acids is 6. The van der Waals surface area contributed by atoms with Crippen molar-refractivity contribution < 1.29 is 57.2 Å². The topological polar surface area (TPSA) is 168 Å². The molecule has 2 aromatic heterocycles. The van der Waals surface area contributed by atoms with Crippen molar-refractivity contribution in [1.29, 1.82) is 0 Å². The molecule has 0 N–H and O–H groups in total. The standard InChI is InChI=1S/C32H44N2O12/c1-13-41-25(35)19-17(5)21(27(37)43-15-3)33(29(39)45-31(7,8)9)23(19)24-20(26(36)42-14-2)18(6)22(28(38)44-16-4)34(24)30(40)46-32(10,11)12/h13-16H2,1-12H3. The summed E-state index contributed by atoms with van der Waals surface area (Å²) in [6, 6.07) is 0. The highest BCUT2D eigenvalue weighted by atomic mass is 16.6. The molecule has 14 nitrogen and oxygen atoms in total. The van der Waals surface area contributed by atoms with Crippen molar-refractivity contribution in [3.05, 3.63) is 33.6 Å². The number of rotatable bonds is 9. The zero-order valence-electron chi connectivity index (χ0n) is 28.6. The molecule has 0 radical (unpaired) electrons. The van der Waals surface area contributed by atoms with Crippen LogP contribution >= 0.6 is 0 Å². The van der Waals surface area contributed by atoms with Crippen LogP contribution in [0.2, 0.25) is 0 Å². The van der Waals surface area contributed by atoms with Crippen LogP contribution in [0.4, 0.5) is 9.59 Å². The van der Waals surface area contributed by atoms with Crippen molar-refractivity contribution in [3.8, 4) is 11.4 Å². The van der Waals surface area contributed by atoms with Gasteiger partial charge in [0.05, 0.1) is 48.9 Å². The van der Waals surface area contributed by atoms with Gasteiger partial charge < -0.3 is 28.4 Å². The minimum Gasteiger partial charge on any atom is -0.462 e. The van der Waals surface area contributed by atoms with Crippen LogP contribution in [0.5, 0.6) is 0 Å². The Kier molecular flexibility index (Phi) is 12.0. The average molecular weight is 649 g/mol. The fourth-order valence-corrected chi connectivity index (χ4v) is 4.60. The number of carbonyl (C=O) groups is 6. The summed E-state index contributed by atoms with van der Waals surface area (Å²) >= 11 is 0. The Morgan fingerprint density at radius 3 is 1.00 bits per heavy atom. The van der Waals surface area contributed by atoms with E-state index in [1.165, 1.54) is 13.8 Å². The van der Waals surface area contributed by atoms with Crippen molar-refractivity contribution in [2.75, 3.05) is 26.4 Å². The summed E-state index contributed by atoms with van der Waals surface area (Å²) in [5.41, 5.74) is -4.97. The van der Waals surface area contributed by atoms with E-state index in [4.69, 9.17) is 28.4 Å². The summed E-state index contributed by atoms with van der Waals surface area (Å²) in [6.07, 6.45) is -2.32. The molecular weight excluding hydrogens is 604 g/mol. The summed E-state index contributed by atoms with van der Waals surface area (Å²) in [5, 5.41) is 0. The summed E-state index contributed by atoms with van der Waals surface area (Å²) < 4.78 is 33.9. The molecule has 0 spiro atoms. The number of ether oxygens (including phenoxy) is 6. The van der Waals surface area contributed by atoms with E-state index < -0.39 is 70.0 Å². The first-order valence-electron chi connectivity index (χ1n) is 14.9. The summed E-state index contributed by atoms with van der Waals surface area (Å²) in [6.45, 7) is 17.9. The second-order valence-corrected chi connectivity index (χ2v) is 11.9. The highest BCUT2D eigenvalue weighted by Gasteiger charge is 2.43. The third-order valence-corrected chi connectivity index (χ3v) is 6.10. The Morgan fingerprint density at radius 2 is 0.761 bits per heavy atom. The van der Waals surface area contributed by atoms with E-state index in [9.17, 15) is 28.8 Å². The van der Waals surface area contributed by atoms with Gasteiger partial charge in [-0.2, -0.15) is 0 Å². The molecule has 2 heterocycles. The Morgan fingerprint density at radius 1 is 0.500 bits per heavy atom. The normalized spacial score (nSPS) is 11.5. The molecule has 0 bridgehead atoms. The average Bonchev–Trinajstić information content (AvgIpc) is 3.38. The molecule has 0 aromatic carbocycles. The molecule has 14 heteroatoms. The van der Waals surface area contributed by atoms with Gasteiger partial charge in [-0.05, 0) is 94.2 Å². The van der Waals surface area contributed by atoms with E-state index in [0.29, 0.717) is 0 Å². The van der Waals surface area contributed by atoms with Gasteiger partial charge in [-0.3, -0.25) is 0 Å². The van der Waals surface area contributed by atoms with Gasteiger partial charge >= 0.3 is 36.1 Å². The van der Waals surface area contributed by atoms with Crippen LogP contribution in [0.25, 0.3) is 11.4 Å². The van der Waals surface area contributed by atoms with E-state index in [0.717, 1.165) is 9.13 Å². The number of esters is 4. The molecule has 0 saturated heterocycles. The van der Waals surface area contributed by atoms with Crippen molar-refractivity contribution in [2.45, 2.75) is 94.3 Å². The van der Waals surface area contributed by atoms with E-state index >= 15 is 0 Å². The van der Waals surface area contributed by atoms with Crippen LogP contribution in [0, 0.1) is 13.8 Å². The van der Waals surface area contributed by atoms with Crippen molar-refractivity contribution >= 4 is 36.1 Å². The zero-order valence-corrected chi connectivity index (χ0v) is 28.6. The molecular formula is C32H44N2O12. The maximum absolute atomic E-state index is 14.0. The monoisotopic (exact) mass is 648 g/mol. The SMILES string of the molecule is CCOC(=O)c1c(C)c(C(=O)OCC)n(C(=O)OC(C)(C)C)c1-c1c(C(=O)OCC)c(C)c(C(=O)OCC)n1C(=O)OC(C)(C)C. The van der Waals surface area contributed by atoms with Gasteiger partial charge in [-0.25, -0.2) is 37.9 Å². The van der Waals surface area contributed by atoms with E-state index in [1.54, 1.807) is 69.2 Å². The van der Waals surface area contributed by atoms with Gasteiger partial charge in [0.25, 0.3) is 0 Å². The maximum atomic E-state index is 14.0. The lowest BCUT2D eigenvalue weighted by molar-refractivity contribution is 0.0443. The Labute approximate surface area is 268 Å². The molecule has 0 fully saturated rings. The predicted molar refractivity (Wildman–Crippen MR) is 164 cm³/mol. The number of hydrogen-bond acceptors (Lipinski definition) is 12. The van der Waals surface area contributed by atoms with Gasteiger partial charge in [-0.15, -0.1) is 0 Å². The highest BCUT2D eigenvalue weighted by Crippen LogP contribution is 2.40. The van der Waals surface area contributed by atoms with Gasteiger partial charge in [0.1, 0.15) is 22.6 Å². The number of hydrogen-bond donors (Lipinski definition) is 0. The predicted octanol–water partition coefficient (Wildman–Crippen LogP) is 5.85. The molecule has 0 aliphatic heterocycles. The van der Waals surface area contributed by atoms with Crippen LogP contribution in [0.3, 0.4) is 0 Å².